The van der Waals surface area contributed by atoms with Crippen LogP contribution in [0.1, 0.15) is 35.0 Å². The molecule has 1 aromatic heterocycles. The zero-order valence-electron chi connectivity index (χ0n) is 12.7. The summed E-state index contributed by atoms with van der Waals surface area (Å²) in [6.07, 6.45) is -2.77. The first-order valence-corrected chi connectivity index (χ1v) is 8.28. The normalized spacial score (nSPS) is 19.1. The molecule has 124 valence electrons. The first-order valence-electron chi connectivity index (χ1n) is 7.40. The van der Waals surface area contributed by atoms with Crippen LogP contribution in [0.25, 0.3) is 0 Å². The topological polar surface area (TPSA) is 32.3 Å². The summed E-state index contributed by atoms with van der Waals surface area (Å²) in [4.78, 5) is 14.6. The lowest BCUT2D eigenvalue weighted by Gasteiger charge is -2.35. The van der Waals surface area contributed by atoms with E-state index in [2.05, 4.69) is 5.32 Å². The molecule has 0 radical (unpaired) electrons. The van der Waals surface area contributed by atoms with Gasteiger partial charge < -0.3 is 5.32 Å². The van der Waals surface area contributed by atoms with Crippen molar-refractivity contribution in [1.29, 1.82) is 0 Å². The van der Waals surface area contributed by atoms with Gasteiger partial charge in [-0.25, -0.2) is 0 Å². The summed E-state index contributed by atoms with van der Waals surface area (Å²) in [6, 6.07) is 1.77. The van der Waals surface area contributed by atoms with E-state index < -0.39 is 12.7 Å². The first-order chi connectivity index (χ1) is 10.3. The number of thiophene rings is 1. The largest absolute Gasteiger partial charge is 0.401 e. The van der Waals surface area contributed by atoms with Crippen LogP contribution in [0.3, 0.4) is 0 Å². The number of alkyl halides is 3. The van der Waals surface area contributed by atoms with Crippen molar-refractivity contribution in [3.05, 3.63) is 21.9 Å². The SMILES string of the molecule is Cc1sccc1C(=O)NC(C)C1CCN(CC(F)(F)F)CC1. The number of hydrogen-bond donors (Lipinski definition) is 1. The second kappa shape index (κ2) is 7.00. The molecule has 0 aliphatic carbocycles. The smallest absolute Gasteiger partial charge is 0.349 e. The van der Waals surface area contributed by atoms with Crippen molar-refractivity contribution < 1.29 is 18.0 Å². The van der Waals surface area contributed by atoms with E-state index >= 15 is 0 Å². The molecule has 2 heterocycles. The van der Waals surface area contributed by atoms with E-state index in [1.165, 1.54) is 16.2 Å². The summed E-state index contributed by atoms with van der Waals surface area (Å²) in [5, 5.41) is 4.86. The standard InChI is InChI=1S/C15H21F3N2OS/c1-10(19-14(21)13-5-8-22-11(13)2)12-3-6-20(7-4-12)9-15(16,17)18/h5,8,10,12H,3-4,6-7,9H2,1-2H3,(H,19,21). The van der Waals surface area contributed by atoms with Gasteiger partial charge >= 0.3 is 6.18 Å². The number of likely N-dealkylation sites (tertiary alicyclic amines) is 1. The molecule has 1 saturated heterocycles. The Hall–Kier alpha value is -1.08. The van der Waals surface area contributed by atoms with Gasteiger partial charge in [0.15, 0.2) is 0 Å². The molecule has 1 atom stereocenters. The fourth-order valence-corrected chi connectivity index (χ4v) is 3.58. The van der Waals surface area contributed by atoms with Crippen molar-refractivity contribution in [3.8, 4) is 0 Å². The molecule has 2 rings (SSSR count). The number of halogens is 3. The molecule has 3 nitrogen and oxygen atoms in total. The van der Waals surface area contributed by atoms with Gasteiger partial charge in [-0.1, -0.05) is 0 Å². The maximum absolute atomic E-state index is 12.4. The van der Waals surface area contributed by atoms with Crippen molar-refractivity contribution in [2.24, 2.45) is 5.92 Å². The van der Waals surface area contributed by atoms with E-state index in [1.807, 2.05) is 19.2 Å². The highest BCUT2D eigenvalue weighted by Crippen LogP contribution is 2.25. The number of hydrogen-bond acceptors (Lipinski definition) is 3. The monoisotopic (exact) mass is 334 g/mol. The molecule has 1 aromatic rings. The molecule has 1 aliphatic heterocycles. The maximum Gasteiger partial charge on any atom is 0.401 e. The second-order valence-corrected chi connectivity index (χ2v) is 7.00. The Morgan fingerprint density at radius 3 is 2.59 bits per heavy atom. The number of rotatable bonds is 4. The van der Waals surface area contributed by atoms with E-state index in [4.69, 9.17) is 0 Å². The van der Waals surface area contributed by atoms with Crippen LogP contribution in [0.15, 0.2) is 11.4 Å². The Kier molecular flexibility index (Phi) is 5.50. The molecule has 1 unspecified atom stereocenters. The molecule has 0 saturated carbocycles. The van der Waals surface area contributed by atoms with E-state index in [0.29, 0.717) is 31.5 Å². The van der Waals surface area contributed by atoms with Crippen molar-refractivity contribution in [1.82, 2.24) is 10.2 Å². The van der Waals surface area contributed by atoms with Crippen molar-refractivity contribution >= 4 is 17.2 Å². The molecular formula is C15H21F3N2OS. The van der Waals surface area contributed by atoms with Gasteiger partial charge in [0, 0.05) is 10.9 Å². The van der Waals surface area contributed by atoms with Crippen molar-refractivity contribution in [2.45, 2.75) is 38.9 Å². The predicted octanol–water partition coefficient (Wildman–Crippen LogP) is 3.45. The lowest BCUT2D eigenvalue weighted by Crippen LogP contribution is -2.46. The van der Waals surface area contributed by atoms with Gasteiger partial charge in [-0.05, 0) is 57.1 Å². The lowest BCUT2D eigenvalue weighted by molar-refractivity contribution is -0.148. The van der Waals surface area contributed by atoms with Gasteiger partial charge in [0.05, 0.1) is 12.1 Å². The van der Waals surface area contributed by atoms with Crippen LogP contribution in [0.4, 0.5) is 13.2 Å². The first kappa shape index (κ1) is 17.3. The quantitative estimate of drug-likeness (QED) is 0.915. The molecule has 0 aromatic carbocycles. The van der Waals surface area contributed by atoms with Gasteiger partial charge in [0.25, 0.3) is 5.91 Å². The third-order valence-corrected chi connectivity index (χ3v) is 5.05. The van der Waals surface area contributed by atoms with Crippen LogP contribution in [0, 0.1) is 12.8 Å². The fourth-order valence-electron chi connectivity index (χ4n) is 2.89. The van der Waals surface area contributed by atoms with Gasteiger partial charge in [-0.3, -0.25) is 9.69 Å². The molecule has 0 bridgehead atoms. The highest BCUT2D eigenvalue weighted by atomic mass is 32.1. The Balaban J connectivity index is 1.81. The van der Waals surface area contributed by atoms with E-state index in [9.17, 15) is 18.0 Å². The van der Waals surface area contributed by atoms with Gasteiger partial charge in [0.2, 0.25) is 0 Å². The van der Waals surface area contributed by atoms with Gasteiger partial charge in [0.1, 0.15) is 0 Å². The number of piperidine rings is 1. The Bertz CT molecular complexity index is 507. The summed E-state index contributed by atoms with van der Waals surface area (Å²) in [5.74, 6) is 0.136. The molecule has 0 spiro atoms. The minimum Gasteiger partial charge on any atom is -0.349 e. The van der Waals surface area contributed by atoms with Crippen LogP contribution in [0.2, 0.25) is 0 Å². The minimum absolute atomic E-state index is 0.0279. The fraction of sp³-hybridized carbons (Fsp3) is 0.667. The van der Waals surface area contributed by atoms with Crippen LogP contribution in [-0.2, 0) is 0 Å². The van der Waals surface area contributed by atoms with E-state index in [0.717, 1.165) is 4.88 Å². The third-order valence-electron chi connectivity index (χ3n) is 4.20. The highest BCUT2D eigenvalue weighted by Gasteiger charge is 2.33. The number of nitrogens with one attached hydrogen (secondary N) is 1. The van der Waals surface area contributed by atoms with Gasteiger partial charge in [-0.2, -0.15) is 13.2 Å². The lowest BCUT2D eigenvalue weighted by atomic mass is 9.90. The van der Waals surface area contributed by atoms with E-state index in [-0.39, 0.29) is 17.9 Å². The van der Waals surface area contributed by atoms with Crippen LogP contribution < -0.4 is 5.32 Å². The molecule has 7 heteroatoms. The van der Waals surface area contributed by atoms with E-state index in [1.54, 1.807) is 6.07 Å². The third kappa shape index (κ3) is 4.71. The molecule has 1 fully saturated rings. The molecule has 1 N–H and O–H groups in total. The summed E-state index contributed by atoms with van der Waals surface area (Å²) >= 11 is 1.53. The number of aryl methyl sites for hydroxylation is 1. The van der Waals surface area contributed by atoms with Gasteiger partial charge in [-0.15, -0.1) is 11.3 Å². The maximum atomic E-state index is 12.4. The molecule has 1 amide bonds. The molecule has 22 heavy (non-hydrogen) atoms. The summed E-state index contributed by atoms with van der Waals surface area (Å²) in [6.45, 7) is 3.86. The van der Waals surface area contributed by atoms with Crippen molar-refractivity contribution in [3.63, 3.8) is 0 Å². The highest BCUT2D eigenvalue weighted by molar-refractivity contribution is 7.10. The average Bonchev–Trinajstić information content (AvgIpc) is 2.84. The number of carbonyl (C=O) groups excluding carboxylic acids is 1. The average molecular weight is 334 g/mol. The minimum atomic E-state index is -4.14. The summed E-state index contributed by atoms with van der Waals surface area (Å²) < 4.78 is 37.1. The van der Waals surface area contributed by atoms with Crippen LogP contribution in [-0.4, -0.2) is 42.7 Å². The summed E-state index contributed by atoms with van der Waals surface area (Å²) in [7, 11) is 0. The Labute approximate surface area is 132 Å². The number of nitrogens with zero attached hydrogens (tertiary/aromatic N) is 1. The predicted molar refractivity (Wildman–Crippen MR) is 81.2 cm³/mol. The Morgan fingerprint density at radius 2 is 2.09 bits per heavy atom. The molecule has 1 aliphatic rings. The zero-order valence-corrected chi connectivity index (χ0v) is 13.6. The van der Waals surface area contributed by atoms with Crippen molar-refractivity contribution in [2.75, 3.05) is 19.6 Å². The Morgan fingerprint density at radius 1 is 1.45 bits per heavy atom. The summed E-state index contributed by atoms with van der Waals surface area (Å²) in [5.41, 5.74) is 0.686. The number of carbonyl (C=O) groups is 1. The second-order valence-electron chi connectivity index (χ2n) is 5.88. The number of amides is 1. The van der Waals surface area contributed by atoms with Crippen LogP contribution in [0.5, 0.6) is 0 Å². The molecular weight excluding hydrogens is 313 g/mol. The zero-order chi connectivity index (χ0) is 16.3. The van der Waals surface area contributed by atoms with Crippen LogP contribution >= 0.6 is 11.3 Å².